The minimum absolute atomic E-state index is 0.148. The number of carbonyl (C=O) groups excluding carboxylic acids is 1. The molecule has 2 aromatic heterocycles. The molecule has 0 aliphatic carbocycles. The number of aromatic nitrogens is 2. The van der Waals surface area contributed by atoms with Gasteiger partial charge in [0.1, 0.15) is 5.65 Å². The minimum atomic E-state index is -0.148. The Bertz CT molecular complexity index is 789. The average Bonchev–Trinajstić information content (AvgIpc) is 2.91. The van der Waals surface area contributed by atoms with Gasteiger partial charge in [0.25, 0.3) is 5.91 Å². The topological polar surface area (TPSA) is 46.4 Å². The van der Waals surface area contributed by atoms with Gasteiger partial charge >= 0.3 is 0 Å². The number of carbonyl (C=O) groups is 1. The number of pyridine rings is 1. The molecule has 1 amide bonds. The monoisotopic (exact) mass is 265 g/mol. The summed E-state index contributed by atoms with van der Waals surface area (Å²) < 4.78 is 1.83. The molecule has 4 heteroatoms. The number of anilines is 1. The highest BCUT2D eigenvalue weighted by molar-refractivity contribution is 6.08. The van der Waals surface area contributed by atoms with Crippen molar-refractivity contribution in [3.63, 3.8) is 0 Å². The molecule has 0 radical (unpaired) electrons. The lowest BCUT2D eigenvalue weighted by atomic mass is 10.1. The van der Waals surface area contributed by atoms with Crippen LogP contribution in [0.5, 0.6) is 0 Å². The molecule has 3 rings (SSSR count). The van der Waals surface area contributed by atoms with E-state index in [1.165, 1.54) is 5.56 Å². The standard InChI is InChI=1S/C16H15N3O/c1-11-5-6-13(10-12(11)2)18-16(20)14-4-3-8-19-9-7-17-15(14)19/h3-10H,1-2H3,(H,18,20). The van der Waals surface area contributed by atoms with Crippen molar-refractivity contribution in [2.75, 3.05) is 5.32 Å². The first kappa shape index (κ1) is 12.4. The molecule has 0 aliphatic rings. The number of nitrogens with zero attached hydrogens (tertiary/aromatic N) is 2. The highest BCUT2D eigenvalue weighted by Gasteiger charge is 2.11. The van der Waals surface area contributed by atoms with Crippen molar-refractivity contribution in [1.82, 2.24) is 9.38 Å². The van der Waals surface area contributed by atoms with Gasteiger partial charge in [-0.2, -0.15) is 0 Å². The van der Waals surface area contributed by atoms with Crippen LogP contribution in [0.15, 0.2) is 48.9 Å². The molecule has 0 bridgehead atoms. The van der Waals surface area contributed by atoms with Crippen LogP contribution in [0.3, 0.4) is 0 Å². The molecule has 0 spiro atoms. The van der Waals surface area contributed by atoms with Crippen molar-refractivity contribution in [3.8, 4) is 0 Å². The number of aryl methyl sites for hydroxylation is 2. The second kappa shape index (κ2) is 4.81. The third kappa shape index (κ3) is 2.16. The lowest BCUT2D eigenvalue weighted by molar-refractivity contribution is 0.102. The molecule has 0 unspecified atom stereocenters. The maximum atomic E-state index is 12.4. The number of imidazole rings is 1. The van der Waals surface area contributed by atoms with Crippen molar-refractivity contribution in [1.29, 1.82) is 0 Å². The van der Waals surface area contributed by atoms with Crippen LogP contribution in [0.1, 0.15) is 21.5 Å². The van der Waals surface area contributed by atoms with Gasteiger partial charge < -0.3 is 9.72 Å². The largest absolute Gasteiger partial charge is 0.322 e. The van der Waals surface area contributed by atoms with Crippen LogP contribution in [0.25, 0.3) is 5.65 Å². The third-order valence-electron chi connectivity index (χ3n) is 3.43. The Hall–Kier alpha value is -2.62. The predicted octanol–water partition coefficient (Wildman–Crippen LogP) is 3.20. The molecule has 0 fully saturated rings. The Kier molecular flexibility index (Phi) is 2.99. The van der Waals surface area contributed by atoms with Crippen LogP contribution in [-0.2, 0) is 0 Å². The van der Waals surface area contributed by atoms with Crippen LogP contribution >= 0.6 is 0 Å². The Labute approximate surface area is 117 Å². The fourth-order valence-corrected chi connectivity index (χ4v) is 2.14. The van der Waals surface area contributed by atoms with Gasteiger partial charge in [0.15, 0.2) is 0 Å². The van der Waals surface area contributed by atoms with E-state index in [0.717, 1.165) is 11.3 Å². The number of benzene rings is 1. The summed E-state index contributed by atoms with van der Waals surface area (Å²) in [6.07, 6.45) is 5.37. The third-order valence-corrected chi connectivity index (χ3v) is 3.43. The number of rotatable bonds is 2. The molecular weight excluding hydrogens is 250 g/mol. The van der Waals surface area contributed by atoms with Gasteiger partial charge in [-0.3, -0.25) is 4.79 Å². The molecule has 0 atom stereocenters. The highest BCUT2D eigenvalue weighted by atomic mass is 16.1. The SMILES string of the molecule is Cc1ccc(NC(=O)c2cccn3ccnc23)cc1C. The Morgan fingerprint density at radius 3 is 2.80 bits per heavy atom. The van der Waals surface area contributed by atoms with E-state index in [4.69, 9.17) is 0 Å². The van der Waals surface area contributed by atoms with E-state index < -0.39 is 0 Å². The maximum absolute atomic E-state index is 12.4. The number of nitrogens with one attached hydrogen (secondary N) is 1. The number of hydrogen-bond donors (Lipinski definition) is 1. The first-order valence-electron chi connectivity index (χ1n) is 6.45. The van der Waals surface area contributed by atoms with Gasteiger partial charge in [-0.05, 0) is 49.2 Å². The Morgan fingerprint density at radius 2 is 2.00 bits per heavy atom. The molecule has 0 saturated carbocycles. The van der Waals surface area contributed by atoms with Gasteiger partial charge in [0, 0.05) is 24.3 Å². The van der Waals surface area contributed by atoms with E-state index in [1.807, 2.05) is 54.9 Å². The first-order chi connectivity index (χ1) is 9.65. The lowest BCUT2D eigenvalue weighted by Crippen LogP contribution is -2.13. The van der Waals surface area contributed by atoms with Crippen molar-refractivity contribution in [2.24, 2.45) is 0 Å². The fraction of sp³-hybridized carbons (Fsp3) is 0.125. The normalized spacial score (nSPS) is 10.7. The number of amides is 1. The van der Waals surface area contributed by atoms with E-state index in [9.17, 15) is 4.79 Å². The summed E-state index contributed by atoms with van der Waals surface area (Å²) in [5, 5.41) is 2.92. The van der Waals surface area contributed by atoms with Crippen molar-refractivity contribution in [3.05, 3.63) is 65.6 Å². The molecule has 1 aromatic carbocycles. The summed E-state index contributed by atoms with van der Waals surface area (Å²) in [6, 6.07) is 9.49. The summed E-state index contributed by atoms with van der Waals surface area (Å²) in [6.45, 7) is 4.08. The van der Waals surface area contributed by atoms with Gasteiger partial charge in [-0.15, -0.1) is 0 Å². The fourth-order valence-electron chi connectivity index (χ4n) is 2.14. The summed E-state index contributed by atoms with van der Waals surface area (Å²) in [7, 11) is 0. The smallest absolute Gasteiger partial charge is 0.259 e. The van der Waals surface area contributed by atoms with E-state index in [-0.39, 0.29) is 5.91 Å². The molecule has 0 saturated heterocycles. The number of fused-ring (bicyclic) bond motifs is 1. The first-order valence-corrected chi connectivity index (χ1v) is 6.45. The van der Waals surface area contributed by atoms with Crippen LogP contribution in [0.4, 0.5) is 5.69 Å². The zero-order chi connectivity index (χ0) is 14.1. The zero-order valence-corrected chi connectivity index (χ0v) is 11.4. The molecule has 0 aliphatic heterocycles. The van der Waals surface area contributed by atoms with Crippen molar-refractivity contribution in [2.45, 2.75) is 13.8 Å². The van der Waals surface area contributed by atoms with E-state index in [2.05, 4.69) is 10.3 Å². The summed E-state index contributed by atoms with van der Waals surface area (Å²) >= 11 is 0. The van der Waals surface area contributed by atoms with E-state index in [0.29, 0.717) is 11.2 Å². The molecule has 2 heterocycles. The molecule has 3 aromatic rings. The van der Waals surface area contributed by atoms with Crippen LogP contribution in [-0.4, -0.2) is 15.3 Å². The lowest BCUT2D eigenvalue weighted by Gasteiger charge is -2.08. The quantitative estimate of drug-likeness (QED) is 0.773. The van der Waals surface area contributed by atoms with E-state index in [1.54, 1.807) is 12.3 Å². The number of hydrogen-bond acceptors (Lipinski definition) is 2. The van der Waals surface area contributed by atoms with Crippen molar-refractivity contribution < 1.29 is 4.79 Å². The van der Waals surface area contributed by atoms with Crippen LogP contribution in [0, 0.1) is 13.8 Å². The van der Waals surface area contributed by atoms with Gasteiger partial charge in [0.05, 0.1) is 5.56 Å². The maximum Gasteiger partial charge on any atom is 0.259 e. The summed E-state index contributed by atoms with van der Waals surface area (Å²) in [5.41, 5.74) is 4.39. The molecule has 4 nitrogen and oxygen atoms in total. The van der Waals surface area contributed by atoms with Gasteiger partial charge in [-0.1, -0.05) is 6.07 Å². The predicted molar refractivity (Wildman–Crippen MR) is 79.1 cm³/mol. The van der Waals surface area contributed by atoms with Crippen molar-refractivity contribution >= 4 is 17.2 Å². The van der Waals surface area contributed by atoms with Crippen LogP contribution in [0.2, 0.25) is 0 Å². The second-order valence-corrected chi connectivity index (χ2v) is 4.83. The highest BCUT2D eigenvalue weighted by Crippen LogP contribution is 2.16. The minimum Gasteiger partial charge on any atom is -0.322 e. The van der Waals surface area contributed by atoms with Gasteiger partial charge in [-0.25, -0.2) is 4.98 Å². The Balaban J connectivity index is 1.93. The second-order valence-electron chi connectivity index (χ2n) is 4.83. The molecule has 1 N–H and O–H groups in total. The Morgan fingerprint density at radius 1 is 1.15 bits per heavy atom. The molecular formula is C16H15N3O. The van der Waals surface area contributed by atoms with Crippen LogP contribution < -0.4 is 5.32 Å². The zero-order valence-electron chi connectivity index (χ0n) is 11.4. The van der Waals surface area contributed by atoms with Gasteiger partial charge in [0.2, 0.25) is 0 Å². The molecule has 100 valence electrons. The van der Waals surface area contributed by atoms with E-state index >= 15 is 0 Å². The summed E-state index contributed by atoms with van der Waals surface area (Å²) in [4.78, 5) is 16.6. The average molecular weight is 265 g/mol. The summed E-state index contributed by atoms with van der Waals surface area (Å²) in [5.74, 6) is -0.148. The molecule has 20 heavy (non-hydrogen) atoms.